The van der Waals surface area contributed by atoms with E-state index >= 15 is 0 Å². The number of anilines is 7. The molecule has 17 aromatic rings. The fraction of sp³-hybridized carbons (Fsp3) is 0.126. The summed E-state index contributed by atoms with van der Waals surface area (Å²) in [7, 11) is 0. The SMILES string of the molecule is Nc1ncc(C(=O)NC2CCC2)c2ccc(-c3cccc(F)c3)cc12.Nc1ncc(C(=O)NC2CCCC2)c2ccc(-c3cccc(F)c3)cc12.Nc1ncc(C(=O)NCC2CC2)c2ccc(-c3cccc(F)c3)cc12.Nc1ncc(C(=O)Nc2cccnc2)c2ccc(-c3cccc(F)c3)cc12.Nc1ncc(C(=O)Nc2ccncc2)c2ccc(-c3cccc(F)c3)cc12. The zero-order valence-electron chi connectivity index (χ0n) is 70.0. The number of aromatic nitrogens is 7. The summed E-state index contributed by atoms with van der Waals surface area (Å²) in [5.74, 6) is -0.203. The first-order valence-corrected chi connectivity index (χ1v) is 42.1. The van der Waals surface area contributed by atoms with Crippen LogP contribution in [0.15, 0.2) is 292 Å². The molecule has 22 nitrogen and oxygen atoms in total. The largest absolute Gasteiger partial charge is 0.383 e. The van der Waals surface area contributed by atoms with Crippen molar-refractivity contribution in [2.75, 3.05) is 45.8 Å². The Morgan fingerprint density at radius 2 is 0.569 bits per heavy atom. The second kappa shape index (κ2) is 39.4. The Morgan fingerprint density at radius 3 is 0.854 bits per heavy atom. The van der Waals surface area contributed by atoms with Crippen LogP contribution in [-0.4, -0.2) is 83.1 Å². The van der Waals surface area contributed by atoms with Crippen molar-refractivity contribution in [2.24, 2.45) is 5.92 Å². The van der Waals surface area contributed by atoms with Crippen LogP contribution in [0, 0.1) is 35.0 Å². The molecule has 0 radical (unpaired) electrons. The van der Waals surface area contributed by atoms with E-state index in [1.807, 2.05) is 109 Å². The summed E-state index contributed by atoms with van der Waals surface area (Å²) in [5, 5.41) is 21.7. The lowest BCUT2D eigenvalue weighted by Crippen LogP contribution is -2.39. The first-order chi connectivity index (χ1) is 63.1. The lowest BCUT2D eigenvalue weighted by atomic mass is 9.92. The molecule has 10 aromatic carbocycles. The smallest absolute Gasteiger partial charge is 0.257 e. The Hall–Kier alpha value is -16.5. The molecule has 7 aromatic heterocycles. The summed E-state index contributed by atoms with van der Waals surface area (Å²) < 4.78 is 67.5. The number of nitrogens with two attached hydrogens (primary N) is 5. The van der Waals surface area contributed by atoms with Gasteiger partial charge in [0.1, 0.15) is 58.2 Å². The standard InChI is InChI=1S/2C21H15FN4O.C21H20FN3O.2C20H18FN3O/c22-15-4-1-3-13(9-15)14-6-7-17-18(10-14)20(23)25-12-19(17)21(27)26-16-5-2-8-24-11-16;22-15-3-1-2-13(10-15)14-4-5-17-18(11-14)20(23)25-12-19(17)21(27)26-16-6-8-24-9-7-16;22-15-5-3-4-13(10-15)14-8-9-17-18(11-14)20(23)24-12-19(17)21(26)25-16-6-1-2-7-16;21-14-4-1-3-12(9-14)13-7-8-16-17(10-13)19(22)23-11-18(16)20(25)24-15-5-2-6-15;21-15-3-1-2-13(8-15)14-6-7-16-17(9-14)19(22)23-11-18(16)20(25)24-10-12-4-5-12/h1-12H,(H2,23,25)(H,26,27);1-12H,(H2,23,25)(H,24,26,27);3-5,8-12,16H,1-2,6-7H2,(H2,23,24)(H,25,26);1,3-4,7-11,15H,2,5-6H2,(H2,22,23)(H,24,25);1-3,6-9,11-12H,4-5,10H2,(H2,22,23)(H,24,25). The van der Waals surface area contributed by atoms with Gasteiger partial charge < -0.3 is 55.3 Å². The number of halogens is 5. The number of nitrogens with zero attached hydrogens (tertiary/aromatic N) is 7. The molecule has 0 atom stereocenters. The maximum absolute atomic E-state index is 13.5. The molecule has 3 fully saturated rings. The molecule has 5 amide bonds. The molecule has 130 heavy (non-hydrogen) atoms. The van der Waals surface area contributed by atoms with Gasteiger partial charge in [-0.25, -0.2) is 46.9 Å². The highest BCUT2D eigenvalue weighted by atomic mass is 19.1. The van der Waals surface area contributed by atoms with Crippen LogP contribution in [0.25, 0.3) is 109 Å². The van der Waals surface area contributed by atoms with Gasteiger partial charge in [-0.1, -0.05) is 134 Å². The van der Waals surface area contributed by atoms with Gasteiger partial charge >= 0.3 is 0 Å². The maximum Gasteiger partial charge on any atom is 0.257 e. The highest BCUT2D eigenvalue weighted by Gasteiger charge is 2.27. The summed E-state index contributed by atoms with van der Waals surface area (Å²) in [5.41, 5.74) is 41.5. The number of carbonyl (C=O) groups is 5. The van der Waals surface area contributed by atoms with Crippen LogP contribution in [-0.2, 0) is 0 Å². The minimum Gasteiger partial charge on any atom is -0.383 e. The molecule has 3 aliphatic carbocycles. The highest BCUT2D eigenvalue weighted by molar-refractivity contribution is 6.17. The number of hydrogen-bond donors (Lipinski definition) is 10. The van der Waals surface area contributed by atoms with Crippen LogP contribution < -0.4 is 55.3 Å². The molecule has 20 rings (SSSR count). The molecule has 27 heteroatoms. The zero-order chi connectivity index (χ0) is 90.5. The van der Waals surface area contributed by atoms with E-state index in [4.69, 9.17) is 28.7 Å². The van der Waals surface area contributed by atoms with Gasteiger partial charge in [0.15, 0.2) is 0 Å². The molecule has 0 spiro atoms. The van der Waals surface area contributed by atoms with E-state index in [0.29, 0.717) is 118 Å². The molecular formula is C103H86F5N17O5. The molecule has 0 bridgehead atoms. The van der Waals surface area contributed by atoms with Crippen molar-refractivity contribution in [3.8, 4) is 55.6 Å². The van der Waals surface area contributed by atoms with Crippen LogP contribution in [0.2, 0.25) is 0 Å². The van der Waals surface area contributed by atoms with E-state index < -0.39 is 0 Å². The van der Waals surface area contributed by atoms with E-state index in [2.05, 4.69) is 61.5 Å². The average Bonchev–Trinajstić information content (AvgIpc) is 0.939. The fourth-order valence-corrected chi connectivity index (χ4v) is 15.5. The van der Waals surface area contributed by atoms with Gasteiger partial charge in [0.2, 0.25) is 0 Å². The van der Waals surface area contributed by atoms with Crippen molar-refractivity contribution in [1.29, 1.82) is 0 Å². The molecule has 0 unspecified atom stereocenters. The van der Waals surface area contributed by atoms with Crippen molar-refractivity contribution in [3.63, 3.8) is 0 Å². The molecule has 0 saturated heterocycles. The van der Waals surface area contributed by atoms with E-state index in [1.165, 1.54) is 104 Å². The van der Waals surface area contributed by atoms with Crippen LogP contribution in [0.3, 0.4) is 0 Å². The molecule has 7 heterocycles. The molecular weight excluding hydrogens is 1650 g/mol. The average molecular weight is 1740 g/mol. The predicted molar refractivity (Wildman–Crippen MR) is 502 cm³/mol. The topological polar surface area (TPSA) is 366 Å². The normalized spacial score (nSPS) is 12.8. The zero-order valence-corrected chi connectivity index (χ0v) is 70.0. The third-order valence-electron chi connectivity index (χ3n) is 22.8. The van der Waals surface area contributed by atoms with Gasteiger partial charge in [0, 0.05) is 101 Å². The highest BCUT2D eigenvalue weighted by Crippen LogP contribution is 2.38. The number of benzene rings is 10. The van der Waals surface area contributed by atoms with E-state index in [1.54, 1.807) is 91.5 Å². The maximum atomic E-state index is 13.5. The summed E-state index contributed by atoms with van der Waals surface area (Å²) in [4.78, 5) is 91.8. The van der Waals surface area contributed by atoms with Crippen LogP contribution in [0.5, 0.6) is 0 Å². The number of pyridine rings is 7. The second-order valence-corrected chi connectivity index (χ2v) is 31.7. The van der Waals surface area contributed by atoms with Gasteiger partial charge in [-0.3, -0.25) is 33.9 Å². The fourth-order valence-electron chi connectivity index (χ4n) is 15.5. The Kier molecular flexibility index (Phi) is 26.4. The van der Waals surface area contributed by atoms with E-state index in [-0.39, 0.29) is 70.7 Å². The van der Waals surface area contributed by atoms with Crippen molar-refractivity contribution in [3.05, 3.63) is 349 Å². The minimum atomic E-state index is -0.316. The van der Waals surface area contributed by atoms with Gasteiger partial charge in [0.05, 0.1) is 39.7 Å². The number of amides is 5. The number of fused-ring (bicyclic) bond motifs is 5. The Morgan fingerprint density at radius 1 is 0.277 bits per heavy atom. The molecule has 0 aliphatic heterocycles. The molecule has 3 aliphatic rings. The van der Waals surface area contributed by atoms with E-state index in [9.17, 15) is 45.9 Å². The van der Waals surface area contributed by atoms with Crippen LogP contribution in [0.1, 0.15) is 110 Å². The Bertz CT molecular complexity index is 6980. The number of nitrogen functional groups attached to an aromatic ring is 5. The van der Waals surface area contributed by atoms with Gasteiger partial charge in [-0.05, 0) is 249 Å². The number of rotatable bonds is 16. The van der Waals surface area contributed by atoms with Gasteiger partial charge in [-0.15, -0.1) is 0 Å². The first kappa shape index (κ1) is 87.0. The first-order valence-electron chi connectivity index (χ1n) is 42.1. The second-order valence-electron chi connectivity index (χ2n) is 31.7. The third kappa shape index (κ3) is 20.7. The van der Waals surface area contributed by atoms with Crippen molar-refractivity contribution in [2.45, 2.75) is 69.9 Å². The number of nitrogens with one attached hydrogen (secondary N) is 5. The lowest BCUT2D eigenvalue weighted by Gasteiger charge is -2.26. The number of carbonyl (C=O) groups excluding carboxylic acids is 5. The van der Waals surface area contributed by atoms with Gasteiger partial charge in [-0.2, -0.15) is 0 Å². The van der Waals surface area contributed by atoms with Crippen LogP contribution >= 0.6 is 0 Å². The predicted octanol–water partition coefficient (Wildman–Crippen LogP) is 20.5. The monoisotopic (exact) mass is 1740 g/mol. The minimum absolute atomic E-state index is 0.118. The van der Waals surface area contributed by atoms with Crippen molar-refractivity contribution >= 4 is 124 Å². The third-order valence-corrected chi connectivity index (χ3v) is 22.8. The van der Waals surface area contributed by atoms with Crippen molar-refractivity contribution < 1.29 is 45.9 Å². The summed E-state index contributed by atoms with van der Waals surface area (Å²) in [6.45, 7) is 0.700. The van der Waals surface area contributed by atoms with Gasteiger partial charge in [0.25, 0.3) is 29.5 Å². The molecule has 648 valence electrons. The lowest BCUT2D eigenvalue weighted by molar-refractivity contribution is 0.0914. The molecule has 15 N–H and O–H groups in total. The van der Waals surface area contributed by atoms with Crippen LogP contribution in [0.4, 0.5) is 62.4 Å². The van der Waals surface area contributed by atoms with E-state index in [0.717, 1.165) is 117 Å². The summed E-state index contributed by atoms with van der Waals surface area (Å²) >= 11 is 0. The number of hydrogen-bond acceptors (Lipinski definition) is 17. The molecule has 3 saturated carbocycles. The Balaban J connectivity index is 0.000000119. The Labute approximate surface area is 743 Å². The summed E-state index contributed by atoms with van der Waals surface area (Å²) in [6, 6.07) is 66.7. The van der Waals surface area contributed by atoms with Crippen molar-refractivity contribution in [1.82, 2.24) is 50.8 Å². The quantitative estimate of drug-likeness (QED) is 0.0402. The summed E-state index contributed by atoms with van der Waals surface area (Å²) in [6.07, 6.45) is 23.8.